The second-order valence-electron chi connectivity index (χ2n) is 7.82. The van der Waals surface area contributed by atoms with Crippen LogP contribution in [0.5, 0.6) is 0 Å². The van der Waals surface area contributed by atoms with Crippen LogP contribution in [0.3, 0.4) is 0 Å². The first-order chi connectivity index (χ1) is 13.1. The van der Waals surface area contributed by atoms with Gasteiger partial charge in [-0.3, -0.25) is 14.4 Å². The number of carboxylic acid groups (broad SMARTS) is 1. The van der Waals surface area contributed by atoms with E-state index in [1.54, 1.807) is 13.8 Å². The number of hydrogen-bond donors (Lipinski definition) is 5. The first kappa shape index (κ1) is 23.9. The maximum Gasteiger partial charge on any atom is 0.326 e. The van der Waals surface area contributed by atoms with Crippen LogP contribution in [-0.2, 0) is 19.2 Å². The molecule has 5 N–H and O–H groups in total. The Balaban J connectivity index is 2.73. The van der Waals surface area contributed by atoms with Crippen LogP contribution >= 0.6 is 0 Å². The second-order valence-corrected chi connectivity index (χ2v) is 7.82. The molecular weight excluding hydrogens is 364 g/mol. The molecule has 0 saturated carbocycles. The van der Waals surface area contributed by atoms with Crippen molar-refractivity contribution in [2.24, 2.45) is 11.8 Å². The number of carboxylic acids is 1. The van der Waals surface area contributed by atoms with Gasteiger partial charge in [0.2, 0.25) is 17.7 Å². The average molecular weight is 399 g/mol. The Morgan fingerprint density at radius 3 is 2.11 bits per heavy atom. The molecule has 3 amide bonds. The molecule has 1 rings (SSSR count). The molecule has 0 bridgehead atoms. The van der Waals surface area contributed by atoms with Gasteiger partial charge in [-0.25, -0.2) is 4.79 Å². The Kier molecular flexibility index (Phi) is 9.37. The molecule has 0 radical (unpaired) electrons. The van der Waals surface area contributed by atoms with Crippen molar-refractivity contribution in [2.45, 2.75) is 78.0 Å². The topological polar surface area (TPSA) is 137 Å². The number of carbonyl (C=O) groups excluding carboxylic acids is 3. The van der Waals surface area contributed by atoms with E-state index in [1.165, 1.54) is 6.92 Å². The van der Waals surface area contributed by atoms with Crippen LogP contribution in [0.4, 0.5) is 0 Å². The number of hydrogen-bond acceptors (Lipinski definition) is 5. The van der Waals surface area contributed by atoms with Crippen molar-refractivity contribution in [3.8, 4) is 0 Å². The Morgan fingerprint density at radius 2 is 1.64 bits per heavy atom. The zero-order valence-electron chi connectivity index (χ0n) is 17.4. The Labute approximate surface area is 166 Å². The first-order valence-corrected chi connectivity index (χ1v) is 9.95. The van der Waals surface area contributed by atoms with Crippen LogP contribution in [-0.4, -0.2) is 59.5 Å². The molecule has 0 aromatic carbocycles. The minimum Gasteiger partial charge on any atom is -0.480 e. The van der Waals surface area contributed by atoms with Crippen molar-refractivity contribution < 1.29 is 24.3 Å². The van der Waals surface area contributed by atoms with Crippen molar-refractivity contribution in [1.82, 2.24) is 21.3 Å². The van der Waals surface area contributed by atoms with Gasteiger partial charge in [-0.1, -0.05) is 34.1 Å². The van der Waals surface area contributed by atoms with Crippen molar-refractivity contribution in [3.63, 3.8) is 0 Å². The maximum absolute atomic E-state index is 12.7. The highest BCUT2D eigenvalue weighted by atomic mass is 16.4. The largest absolute Gasteiger partial charge is 0.480 e. The highest BCUT2D eigenvalue weighted by molar-refractivity contribution is 5.94. The summed E-state index contributed by atoms with van der Waals surface area (Å²) in [4.78, 5) is 48.7. The van der Waals surface area contributed by atoms with Crippen molar-refractivity contribution >= 4 is 23.7 Å². The van der Waals surface area contributed by atoms with E-state index in [0.29, 0.717) is 6.42 Å². The third-order valence-electron chi connectivity index (χ3n) is 5.15. The van der Waals surface area contributed by atoms with Gasteiger partial charge >= 0.3 is 5.97 Å². The predicted molar refractivity (Wildman–Crippen MR) is 104 cm³/mol. The molecule has 0 spiro atoms. The van der Waals surface area contributed by atoms with Crippen molar-refractivity contribution in [1.29, 1.82) is 0 Å². The molecule has 28 heavy (non-hydrogen) atoms. The highest BCUT2D eigenvalue weighted by Gasteiger charge is 2.32. The molecule has 1 aliphatic heterocycles. The van der Waals surface area contributed by atoms with E-state index in [4.69, 9.17) is 0 Å². The number of carbonyl (C=O) groups is 4. The molecule has 1 heterocycles. The number of nitrogens with one attached hydrogen (secondary N) is 4. The normalized spacial score (nSPS) is 20.7. The van der Waals surface area contributed by atoms with Gasteiger partial charge in [0.1, 0.15) is 18.1 Å². The van der Waals surface area contributed by atoms with Gasteiger partial charge in [0, 0.05) is 0 Å². The summed E-state index contributed by atoms with van der Waals surface area (Å²) in [7, 11) is 0. The quantitative estimate of drug-likeness (QED) is 0.351. The smallest absolute Gasteiger partial charge is 0.326 e. The molecule has 5 atom stereocenters. The molecule has 1 saturated heterocycles. The Hall–Kier alpha value is -2.16. The van der Waals surface area contributed by atoms with Crippen LogP contribution in [0.25, 0.3) is 0 Å². The highest BCUT2D eigenvalue weighted by Crippen LogP contribution is 2.11. The summed E-state index contributed by atoms with van der Waals surface area (Å²) in [6.07, 6.45) is 2.31. The zero-order valence-corrected chi connectivity index (χ0v) is 17.4. The lowest BCUT2D eigenvalue weighted by Gasteiger charge is -2.27. The number of amides is 3. The Bertz CT molecular complexity index is 575. The lowest BCUT2D eigenvalue weighted by Crippen LogP contribution is -2.58. The predicted octanol–water partition coefficient (Wildman–Crippen LogP) is -0.000600. The van der Waals surface area contributed by atoms with Gasteiger partial charge in [-0.05, 0) is 38.1 Å². The van der Waals surface area contributed by atoms with Gasteiger partial charge in [0.05, 0.1) is 6.04 Å². The van der Waals surface area contributed by atoms with Crippen LogP contribution < -0.4 is 21.3 Å². The molecule has 1 aliphatic rings. The number of rotatable bonds is 10. The average Bonchev–Trinajstić information content (AvgIpc) is 3.17. The molecule has 1 fully saturated rings. The van der Waals surface area contributed by atoms with Crippen LogP contribution in [0.2, 0.25) is 0 Å². The van der Waals surface area contributed by atoms with E-state index in [1.807, 2.05) is 13.8 Å². The summed E-state index contributed by atoms with van der Waals surface area (Å²) in [5, 5.41) is 20.1. The maximum atomic E-state index is 12.7. The zero-order chi connectivity index (χ0) is 21.4. The van der Waals surface area contributed by atoms with E-state index in [9.17, 15) is 24.3 Å². The standard InChI is InChI=1S/C19H34N4O5/c1-6-11(4)15(23-17(25)13-8-7-9-20-13)18(26)21-12(5)16(24)22-14(10(2)3)19(27)28/h10-15,20H,6-9H2,1-5H3,(H,21,26)(H,22,24)(H,23,25)(H,27,28). The van der Waals surface area contributed by atoms with Crippen LogP contribution in [0.1, 0.15) is 53.9 Å². The minimum absolute atomic E-state index is 0.122. The fourth-order valence-corrected chi connectivity index (χ4v) is 3.02. The third-order valence-corrected chi connectivity index (χ3v) is 5.15. The first-order valence-electron chi connectivity index (χ1n) is 9.95. The van der Waals surface area contributed by atoms with Gasteiger partial charge < -0.3 is 26.4 Å². The van der Waals surface area contributed by atoms with Gasteiger partial charge in [-0.15, -0.1) is 0 Å². The SMILES string of the molecule is CCC(C)C(NC(=O)C1CCCN1)C(=O)NC(C)C(=O)NC(C(=O)O)C(C)C. The Morgan fingerprint density at radius 1 is 1.00 bits per heavy atom. The summed E-state index contributed by atoms with van der Waals surface area (Å²) < 4.78 is 0. The van der Waals surface area contributed by atoms with Crippen LogP contribution in [0.15, 0.2) is 0 Å². The molecule has 9 heteroatoms. The number of aliphatic carboxylic acids is 1. The summed E-state index contributed by atoms with van der Waals surface area (Å²) in [6.45, 7) is 9.41. The fourth-order valence-electron chi connectivity index (χ4n) is 3.02. The lowest BCUT2D eigenvalue weighted by atomic mass is 9.97. The molecule has 0 aliphatic carbocycles. The lowest BCUT2D eigenvalue weighted by molar-refractivity contribution is -0.143. The van der Waals surface area contributed by atoms with Crippen molar-refractivity contribution in [2.75, 3.05) is 6.54 Å². The second kappa shape index (κ2) is 11.0. The molecule has 0 aromatic heterocycles. The van der Waals surface area contributed by atoms with Crippen LogP contribution in [0, 0.1) is 11.8 Å². The van der Waals surface area contributed by atoms with Gasteiger partial charge in [0.15, 0.2) is 0 Å². The van der Waals surface area contributed by atoms with E-state index in [0.717, 1.165) is 19.4 Å². The minimum atomic E-state index is -1.13. The van der Waals surface area contributed by atoms with E-state index in [-0.39, 0.29) is 23.8 Å². The fraction of sp³-hybridized carbons (Fsp3) is 0.789. The monoisotopic (exact) mass is 398 g/mol. The molecule has 160 valence electrons. The summed E-state index contributed by atoms with van der Waals surface area (Å²) >= 11 is 0. The molecule has 0 aromatic rings. The molecule has 5 unspecified atom stereocenters. The van der Waals surface area contributed by atoms with Crippen molar-refractivity contribution in [3.05, 3.63) is 0 Å². The summed E-state index contributed by atoms with van der Waals surface area (Å²) in [6, 6.07) is -3.04. The summed E-state index contributed by atoms with van der Waals surface area (Å²) in [5.74, 6) is -2.81. The molecule has 9 nitrogen and oxygen atoms in total. The third kappa shape index (κ3) is 6.78. The van der Waals surface area contributed by atoms with Gasteiger partial charge in [-0.2, -0.15) is 0 Å². The summed E-state index contributed by atoms with van der Waals surface area (Å²) in [5.41, 5.74) is 0. The van der Waals surface area contributed by atoms with E-state index in [2.05, 4.69) is 21.3 Å². The molecular formula is C19H34N4O5. The van der Waals surface area contributed by atoms with Gasteiger partial charge in [0.25, 0.3) is 0 Å². The van der Waals surface area contributed by atoms with E-state index < -0.39 is 35.9 Å². The van der Waals surface area contributed by atoms with E-state index >= 15 is 0 Å².